The smallest absolute Gasteiger partial charge is 0.321 e. The van der Waals surface area contributed by atoms with Gasteiger partial charge in [-0.1, -0.05) is 0 Å². The Kier molecular flexibility index (Phi) is 2.33. The van der Waals surface area contributed by atoms with Gasteiger partial charge in [-0.15, -0.1) is 11.6 Å². The first-order chi connectivity index (χ1) is 4.79. The lowest BCUT2D eigenvalue weighted by atomic mass is 9.99. The highest BCUT2D eigenvalue weighted by Gasteiger charge is 2.35. The van der Waals surface area contributed by atoms with Crippen molar-refractivity contribution in [3.63, 3.8) is 0 Å². The fourth-order valence-corrected chi connectivity index (χ4v) is 1.16. The lowest BCUT2D eigenvalue weighted by Crippen LogP contribution is -2.32. The second-order valence-corrected chi connectivity index (χ2v) is 2.52. The molecule has 1 fully saturated rings. The van der Waals surface area contributed by atoms with E-state index >= 15 is 0 Å². The van der Waals surface area contributed by atoms with Crippen molar-refractivity contribution in [1.29, 1.82) is 0 Å². The Labute approximate surface area is 64.8 Å². The van der Waals surface area contributed by atoms with Crippen LogP contribution in [0.1, 0.15) is 13.3 Å². The molecule has 1 rings (SSSR count). The zero-order valence-corrected chi connectivity index (χ0v) is 6.52. The van der Waals surface area contributed by atoms with Crippen LogP contribution in [0.15, 0.2) is 11.8 Å². The molecule has 56 valence electrons. The summed E-state index contributed by atoms with van der Waals surface area (Å²) in [6, 6.07) is 0. The van der Waals surface area contributed by atoms with Crippen LogP contribution in [-0.4, -0.2) is 11.8 Å². The minimum absolute atomic E-state index is 0.0532. The molecule has 0 amide bonds. The number of carbonyl (C=O) groups is 1. The Balaban J connectivity index is 2.48. The lowest BCUT2D eigenvalue weighted by molar-refractivity contribution is -0.157. The molecule has 0 radical (unpaired) electrons. The van der Waals surface area contributed by atoms with Gasteiger partial charge in [0.15, 0.2) is 0 Å². The maximum Gasteiger partial charge on any atom is 0.321 e. The van der Waals surface area contributed by atoms with Crippen LogP contribution >= 0.6 is 11.6 Å². The van der Waals surface area contributed by atoms with Crippen molar-refractivity contribution >= 4 is 17.6 Å². The van der Waals surface area contributed by atoms with Gasteiger partial charge in [-0.25, -0.2) is 0 Å². The predicted octanol–water partition coefficient (Wildman–Crippen LogP) is 1.69. The first kappa shape index (κ1) is 7.61. The zero-order valence-electron chi connectivity index (χ0n) is 5.76. The SMILES string of the molecule is C/C=C1\OC(=O)C1CCCl. The van der Waals surface area contributed by atoms with Crippen LogP contribution in [0.25, 0.3) is 0 Å². The molecular formula is C7H9ClO2. The summed E-state index contributed by atoms with van der Waals surface area (Å²) in [4.78, 5) is 10.7. The van der Waals surface area contributed by atoms with Crippen LogP contribution in [0, 0.1) is 5.92 Å². The fourth-order valence-electron chi connectivity index (χ4n) is 0.946. The van der Waals surface area contributed by atoms with E-state index in [0.29, 0.717) is 12.3 Å². The van der Waals surface area contributed by atoms with E-state index in [9.17, 15) is 4.79 Å². The third-order valence-corrected chi connectivity index (χ3v) is 1.75. The van der Waals surface area contributed by atoms with Gasteiger partial charge >= 0.3 is 5.97 Å². The van der Waals surface area contributed by atoms with Gasteiger partial charge in [0.25, 0.3) is 0 Å². The molecule has 10 heavy (non-hydrogen) atoms. The van der Waals surface area contributed by atoms with E-state index in [1.807, 2.05) is 6.92 Å². The maximum absolute atomic E-state index is 10.7. The number of carbonyl (C=O) groups excluding carboxylic acids is 1. The molecule has 0 aromatic heterocycles. The van der Waals surface area contributed by atoms with Gasteiger partial charge in [0.2, 0.25) is 0 Å². The number of hydrogen-bond donors (Lipinski definition) is 0. The number of esters is 1. The van der Waals surface area contributed by atoms with Crippen LogP contribution < -0.4 is 0 Å². The van der Waals surface area contributed by atoms with Gasteiger partial charge in [0.05, 0.1) is 0 Å². The highest BCUT2D eigenvalue weighted by atomic mass is 35.5. The highest BCUT2D eigenvalue weighted by molar-refractivity contribution is 6.18. The van der Waals surface area contributed by atoms with Crippen LogP contribution in [-0.2, 0) is 9.53 Å². The summed E-state index contributed by atoms with van der Waals surface area (Å²) < 4.78 is 4.72. The second-order valence-electron chi connectivity index (χ2n) is 2.14. The van der Waals surface area contributed by atoms with Crippen molar-refractivity contribution in [2.45, 2.75) is 13.3 Å². The number of halogens is 1. The molecule has 1 atom stereocenters. The average Bonchev–Trinajstić information content (AvgIpc) is 1.95. The van der Waals surface area contributed by atoms with E-state index in [4.69, 9.17) is 16.3 Å². The molecule has 1 heterocycles. The first-order valence-corrected chi connectivity index (χ1v) is 3.77. The second kappa shape index (κ2) is 3.06. The van der Waals surface area contributed by atoms with Crippen LogP contribution in [0.4, 0.5) is 0 Å². The van der Waals surface area contributed by atoms with E-state index in [0.717, 1.165) is 5.76 Å². The van der Waals surface area contributed by atoms with Gasteiger partial charge in [-0.3, -0.25) is 4.79 Å². The van der Waals surface area contributed by atoms with Crippen LogP contribution in [0.2, 0.25) is 0 Å². The number of hydrogen-bond acceptors (Lipinski definition) is 2. The molecule has 3 heteroatoms. The number of alkyl halides is 1. The summed E-state index contributed by atoms with van der Waals surface area (Å²) in [5.74, 6) is 1.08. The van der Waals surface area contributed by atoms with Gasteiger partial charge in [-0.2, -0.15) is 0 Å². The molecule has 0 bridgehead atoms. The third-order valence-electron chi connectivity index (χ3n) is 1.53. The van der Waals surface area contributed by atoms with Crippen molar-refractivity contribution in [2.24, 2.45) is 5.92 Å². The van der Waals surface area contributed by atoms with Crippen molar-refractivity contribution in [3.8, 4) is 0 Å². The highest BCUT2D eigenvalue weighted by Crippen LogP contribution is 2.29. The van der Waals surface area contributed by atoms with Crippen molar-refractivity contribution in [1.82, 2.24) is 0 Å². The normalized spacial score (nSPS) is 28.0. The Morgan fingerprint density at radius 2 is 2.50 bits per heavy atom. The van der Waals surface area contributed by atoms with Crippen molar-refractivity contribution in [3.05, 3.63) is 11.8 Å². The molecule has 0 saturated carbocycles. The van der Waals surface area contributed by atoms with Gasteiger partial charge in [0.1, 0.15) is 11.7 Å². The quantitative estimate of drug-likeness (QED) is 0.454. The molecule has 0 aromatic rings. The van der Waals surface area contributed by atoms with Crippen molar-refractivity contribution in [2.75, 3.05) is 5.88 Å². The largest absolute Gasteiger partial charge is 0.430 e. The molecule has 1 unspecified atom stereocenters. The minimum atomic E-state index is -0.145. The lowest BCUT2D eigenvalue weighted by Gasteiger charge is -2.26. The summed E-state index contributed by atoms with van der Waals surface area (Å²) in [6.07, 6.45) is 2.50. The average molecular weight is 161 g/mol. The molecule has 1 aliphatic heterocycles. The Hall–Kier alpha value is -0.500. The molecule has 1 aliphatic rings. The summed E-state index contributed by atoms with van der Waals surface area (Å²) in [5.41, 5.74) is 0. The number of allylic oxidation sites excluding steroid dienone is 1. The number of cyclic esters (lactones) is 1. The van der Waals surface area contributed by atoms with Crippen LogP contribution in [0.3, 0.4) is 0 Å². The maximum atomic E-state index is 10.7. The number of rotatable bonds is 2. The van der Waals surface area contributed by atoms with Gasteiger partial charge < -0.3 is 4.74 Å². The van der Waals surface area contributed by atoms with Gasteiger partial charge in [-0.05, 0) is 19.4 Å². The molecule has 2 nitrogen and oxygen atoms in total. The van der Waals surface area contributed by atoms with E-state index < -0.39 is 0 Å². The topological polar surface area (TPSA) is 26.3 Å². The first-order valence-electron chi connectivity index (χ1n) is 3.23. The fraction of sp³-hybridized carbons (Fsp3) is 0.571. The van der Waals surface area contributed by atoms with E-state index in [1.54, 1.807) is 6.08 Å². The summed E-state index contributed by atoms with van der Waals surface area (Å²) >= 11 is 5.46. The van der Waals surface area contributed by atoms with Crippen molar-refractivity contribution < 1.29 is 9.53 Å². The summed E-state index contributed by atoms with van der Waals surface area (Å²) in [7, 11) is 0. The van der Waals surface area contributed by atoms with Crippen LogP contribution in [0.5, 0.6) is 0 Å². The Morgan fingerprint density at radius 1 is 1.80 bits per heavy atom. The zero-order chi connectivity index (χ0) is 7.56. The third kappa shape index (κ3) is 1.16. The van der Waals surface area contributed by atoms with Gasteiger partial charge in [0, 0.05) is 5.88 Å². The van der Waals surface area contributed by atoms with E-state index in [1.165, 1.54) is 0 Å². The molecule has 0 aromatic carbocycles. The Morgan fingerprint density at radius 3 is 2.90 bits per heavy atom. The minimum Gasteiger partial charge on any atom is -0.430 e. The Bertz CT molecular complexity index is 174. The molecule has 0 aliphatic carbocycles. The molecule has 0 N–H and O–H groups in total. The molecule has 1 saturated heterocycles. The standard InChI is InChI=1S/C7H9ClO2/c1-2-6-5(3-4-8)7(9)10-6/h2,5H,3-4H2,1H3/b6-2-. The monoisotopic (exact) mass is 160 g/mol. The summed E-state index contributed by atoms with van der Waals surface area (Å²) in [6.45, 7) is 1.85. The summed E-state index contributed by atoms with van der Waals surface area (Å²) in [5, 5.41) is 0. The van der Waals surface area contributed by atoms with E-state index in [2.05, 4.69) is 0 Å². The number of ether oxygens (including phenoxy) is 1. The predicted molar refractivity (Wildman–Crippen MR) is 38.7 cm³/mol. The molecule has 0 spiro atoms. The van der Waals surface area contributed by atoms with E-state index in [-0.39, 0.29) is 11.9 Å². The molecular weight excluding hydrogens is 152 g/mol.